The fourth-order valence-electron chi connectivity index (χ4n) is 2.45. The topological polar surface area (TPSA) is 73.3 Å². The van der Waals surface area contributed by atoms with Gasteiger partial charge in [-0.3, -0.25) is 10.3 Å². The highest BCUT2D eigenvalue weighted by Crippen LogP contribution is 2.23. The summed E-state index contributed by atoms with van der Waals surface area (Å²) in [7, 11) is 0. The van der Waals surface area contributed by atoms with Gasteiger partial charge < -0.3 is 10.8 Å². The summed E-state index contributed by atoms with van der Waals surface area (Å²) in [6.45, 7) is 3.69. The second-order valence-electron chi connectivity index (χ2n) is 4.87. The van der Waals surface area contributed by atoms with Crippen LogP contribution < -0.4 is 5.73 Å². The van der Waals surface area contributed by atoms with Gasteiger partial charge in [-0.1, -0.05) is 26.2 Å². The number of aliphatic hydroxyl groups excluding tert-OH is 1. The number of nitrogens with two attached hydrogens (primary N) is 1. The van der Waals surface area contributed by atoms with E-state index in [1.807, 2.05) is 6.92 Å². The lowest BCUT2D eigenvalue weighted by Crippen LogP contribution is -2.43. The summed E-state index contributed by atoms with van der Waals surface area (Å²) < 4.78 is 0. The minimum Gasteiger partial charge on any atom is -0.395 e. The predicted octanol–water partition coefficient (Wildman–Crippen LogP) is 1.19. The van der Waals surface area contributed by atoms with Crippen molar-refractivity contribution < 1.29 is 5.11 Å². The number of hydrogen-bond acceptors (Lipinski definition) is 3. The molecule has 94 valence electrons. The molecule has 0 saturated heterocycles. The van der Waals surface area contributed by atoms with Gasteiger partial charge in [0.15, 0.2) is 0 Å². The minimum atomic E-state index is 0.0912. The quantitative estimate of drug-likeness (QED) is 0.471. The van der Waals surface area contributed by atoms with Gasteiger partial charge in [-0.25, -0.2) is 0 Å². The standard InChI is InChI=1S/C12H25N3O/c1-10(12(13)14)9-15(7-8-16)11-5-3-2-4-6-11/h10-11,16H,2-9H2,1H3,(H3,13,14). The Labute approximate surface area is 98.3 Å². The van der Waals surface area contributed by atoms with Crippen LogP contribution in [0.5, 0.6) is 0 Å². The normalized spacial score (nSPS) is 19.9. The summed E-state index contributed by atoms with van der Waals surface area (Å²) in [5.74, 6) is 0.340. The second kappa shape index (κ2) is 6.86. The summed E-state index contributed by atoms with van der Waals surface area (Å²) in [5.41, 5.74) is 5.50. The van der Waals surface area contributed by atoms with Gasteiger partial charge in [0.05, 0.1) is 12.4 Å². The minimum absolute atomic E-state index is 0.0912. The Morgan fingerprint density at radius 1 is 1.44 bits per heavy atom. The van der Waals surface area contributed by atoms with E-state index in [-0.39, 0.29) is 18.4 Å². The lowest BCUT2D eigenvalue weighted by molar-refractivity contribution is 0.117. The maximum atomic E-state index is 9.09. The molecule has 4 nitrogen and oxygen atoms in total. The van der Waals surface area contributed by atoms with E-state index in [1.165, 1.54) is 32.1 Å². The molecule has 1 unspecified atom stereocenters. The van der Waals surface area contributed by atoms with E-state index in [4.69, 9.17) is 16.2 Å². The largest absolute Gasteiger partial charge is 0.395 e. The van der Waals surface area contributed by atoms with Gasteiger partial charge in [-0.05, 0) is 12.8 Å². The number of rotatable bonds is 6. The van der Waals surface area contributed by atoms with Crippen molar-refractivity contribution in [3.63, 3.8) is 0 Å². The van der Waals surface area contributed by atoms with Crippen molar-refractivity contribution in [2.75, 3.05) is 19.7 Å². The molecule has 1 atom stereocenters. The van der Waals surface area contributed by atoms with E-state index in [0.717, 1.165) is 6.54 Å². The summed E-state index contributed by atoms with van der Waals surface area (Å²) in [6.07, 6.45) is 6.38. The Morgan fingerprint density at radius 2 is 2.06 bits per heavy atom. The van der Waals surface area contributed by atoms with E-state index < -0.39 is 0 Å². The van der Waals surface area contributed by atoms with Gasteiger partial charge in [0.25, 0.3) is 0 Å². The van der Waals surface area contributed by atoms with Crippen LogP contribution in [-0.4, -0.2) is 41.6 Å². The number of amidine groups is 1. The van der Waals surface area contributed by atoms with Gasteiger partial charge in [0.2, 0.25) is 0 Å². The van der Waals surface area contributed by atoms with E-state index >= 15 is 0 Å². The Morgan fingerprint density at radius 3 is 2.56 bits per heavy atom. The van der Waals surface area contributed by atoms with Crippen molar-refractivity contribution in [2.24, 2.45) is 11.7 Å². The number of nitrogens with one attached hydrogen (secondary N) is 1. The third kappa shape index (κ3) is 4.10. The molecule has 1 saturated carbocycles. The maximum Gasteiger partial charge on any atom is 0.0947 e. The first-order valence-electron chi connectivity index (χ1n) is 6.34. The van der Waals surface area contributed by atoms with Crippen LogP contribution >= 0.6 is 0 Å². The molecule has 0 aliphatic heterocycles. The molecule has 1 fully saturated rings. The zero-order valence-electron chi connectivity index (χ0n) is 10.3. The van der Waals surface area contributed by atoms with Crippen LogP contribution in [0.15, 0.2) is 0 Å². The van der Waals surface area contributed by atoms with Crippen LogP contribution in [0.3, 0.4) is 0 Å². The molecular formula is C12H25N3O. The fraction of sp³-hybridized carbons (Fsp3) is 0.917. The fourth-order valence-corrected chi connectivity index (χ4v) is 2.45. The summed E-state index contributed by atoms with van der Waals surface area (Å²) >= 11 is 0. The molecule has 1 aliphatic rings. The molecule has 0 spiro atoms. The van der Waals surface area contributed by atoms with Gasteiger partial charge in [0, 0.05) is 25.0 Å². The van der Waals surface area contributed by atoms with Crippen LogP contribution in [0.2, 0.25) is 0 Å². The summed E-state index contributed by atoms with van der Waals surface area (Å²) in [5, 5.41) is 16.5. The Balaban J connectivity index is 2.48. The van der Waals surface area contributed by atoms with Crippen molar-refractivity contribution in [1.82, 2.24) is 4.90 Å². The van der Waals surface area contributed by atoms with Crippen molar-refractivity contribution in [3.8, 4) is 0 Å². The van der Waals surface area contributed by atoms with Crippen LogP contribution in [-0.2, 0) is 0 Å². The van der Waals surface area contributed by atoms with Crippen LogP contribution in [0.25, 0.3) is 0 Å². The molecule has 4 heteroatoms. The molecule has 1 rings (SSSR count). The SMILES string of the molecule is CC(CN(CCO)C1CCCCC1)C(=N)N. The Kier molecular flexibility index (Phi) is 5.77. The van der Waals surface area contributed by atoms with Gasteiger partial charge in [-0.15, -0.1) is 0 Å². The first-order chi connectivity index (χ1) is 7.65. The first kappa shape index (κ1) is 13.5. The molecule has 0 aromatic rings. The lowest BCUT2D eigenvalue weighted by Gasteiger charge is -2.35. The molecule has 1 aliphatic carbocycles. The van der Waals surface area contributed by atoms with Crippen LogP contribution in [0.1, 0.15) is 39.0 Å². The van der Waals surface area contributed by atoms with Crippen molar-refractivity contribution >= 4 is 5.84 Å². The van der Waals surface area contributed by atoms with Gasteiger partial charge in [-0.2, -0.15) is 0 Å². The van der Waals surface area contributed by atoms with Crippen LogP contribution in [0, 0.1) is 11.3 Å². The number of aliphatic hydroxyl groups is 1. The van der Waals surface area contributed by atoms with Crippen LogP contribution in [0.4, 0.5) is 0 Å². The third-order valence-corrected chi connectivity index (χ3v) is 3.52. The average Bonchev–Trinajstić information content (AvgIpc) is 2.29. The first-order valence-corrected chi connectivity index (χ1v) is 6.34. The van der Waals surface area contributed by atoms with Gasteiger partial charge in [0.1, 0.15) is 0 Å². The highest BCUT2D eigenvalue weighted by atomic mass is 16.3. The van der Waals surface area contributed by atoms with Crippen molar-refractivity contribution in [2.45, 2.75) is 45.1 Å². The maximum absolute atomic E-state index is 9.09. The Bertz CT molecular complexity index is 214. The lowest BCUT2D eigenvalue weighted by atomic mass is 9.93. The molecule has 0 radical (unpaired) electrons. The summed E-state index contributed by atoms with van der Waals surface area (Å²) in [6, 6.07) is 0.586. The van der Waals surface area contributed by atoms with E-state index in [9.17, 15) is 0 Å². The molecule has 0 aromatic heterocycles. The molecule has 16 heavy (non-hydrogen) atoms. The molecule has 0 bridgehead atoms. The zero-order valence-corrected chi connectivity index (χ0v) is 10.3. The van der Waals surface area contributed by atoms with Crippen molar-refractivity contribution in [3.05, 3.63) is 0 Å². The molecule has 4 N–H and O–H groups in total. The highest BCUT2D eigenvalue weighted by molar-refractivity contribution is 5.79. The zero-order chi connectivity index (χ0) is 12.0. The molecule has 0 aromatic carbocycles. The van der Waals surface area contributed by atoms with E-state index in [1.54, 1.807) is 0 Å². The monoisotopic (exact) mass is 227 g/mol. The Hall–Kier alpha value is -0.610. The predicted molar refractivity (Wildman–Crippen MR) is 66.6 cm³/mol. The number of hydrogen-bond donors (Lipinski definition) is 3. The van der Waals surface area contributed by atoms with Crippen molar-refractivity contribution in [1.29, 1.82) is 5.41 Å². The smallest absolute Gasteiger partial charge is 0.0947 e. The average molecular weight is 227 g/mol. The van der Waals surface area contributed by atoms with Gasteiger partial charge >= 0.3 is 0 Å². The molecule has 0 heterocycles. The number of nitrogens with zero attached hydrogens (tertiary/aromatic N) is 1. The van der Waals surface area contributed by atoms with E-state index in [0.29, 0.717) is 12.6 Å². The molecule has 0 amide bonds. The highest BCUT2D eigenvalue weighted by Gasteiger charge is 2.22. The second-order valence-corrected chi connectivity index (χ2v) is 4.87. The van der Waals surface area contributed by atoms with E-state index in [2.05, 4.69) is 4.90 Å². The third-order valence-electron chi connectivity index (χ3n) is 3.52. The molecular weight excluding hydrogens is 202 g/mol. The summed E-state index contributed by atoms with van der Waals surface area (Å²) in [4.78, 5) is 2.31.